The van der Waals surface area contributed by atoms with Gasteiger partial charge in [0.2, 0.25) is 0 Å². The van der Waals surface area contributed by atoms with Crippen LogP contribution in [0, 0.1) is 22.1 Å². The summed E-state index contributed by atoms with van der Waals surface area (Å²) in [6.07, 6.45) is 0. The Labute approximate surface area is 109 Å². The van der Waals surface area contributed by atoms with E-state index >= 15 is 0 Å². The third kappa shape index (κ3) is 1.93. The molecule has 1 aromatic carbocycles. The minimum atomic E-state index is -0.739. The molecule has 2 aromatic rings. The van der Waals surface area contributed by atoms with Gasteiger partial charge in [-0.3, -0.25) is 0 Å². The molecule has 0 saturated heterocycles. The van der Waals surface area contributed by atoms with Gasteiger partial charge in [-0.1, -0.05) is 0 Å². The van der Waals surface area contributed by atoms with E-state index < -0.39 is 11.6 Å². The smallest absolute Gasteiger partial charge is 0.151 e. The number of aromatic hydroxyl groups is 1. The van der Waals surface area contributed by atoms with E-state index in [-0.39, 0.29) is 14.9 Å². The highest BCUT2D eigenvalue weighted by molar-refractivity contribution is 14.1. The van der Waals surface area contributed by atoms with Crippen molar-refractivity contribution < 1.29 is 13.9 Å². The molecule has 84 valence electrons. The minimum absolute atomic E-state index is 0.0417. The summed E-state index contributed by atoms with van der Waals surface area (Å²) < 4.78 is 27.4. The third-order valence-corrected chi connectivity index (χ3v) is 4.17. The van der Waals surface area contributed by atoms with E-state index in [0.717, 1.165) is 10.9 Å². The molecule has 0 aliphatic heterocycles. The van der Waals surface area contributed by atoms with Crippen LogP contribution in [0.2, 0.25) is 0 Å². The van der Waals surface area contributed by atoms with Crippen molar-refractivity contribution in [3.63, 3.8) is 0 Å². The Bertz CT molecular complexity index is 551. The number of aryl methyl sites for hydroxylation is 1. The zero-order valence-electron chi connectivity index (χ0n) is 8.22. The molecule has 1 heterocycles. The predicted molar refractivity (Wildman–Crippen MR) is 68.8 cm³/mol. The summed E-state index contributed by atoms with van der Waals surface area (Å²) >= 11 is 2.98. The van der Waals surface area contributed by atoms with Crippen LogP contribution in [0.25, 0.3) is 10.4 Å². The van der Waals surface area contributed by atoms with Crippen LogP contribution in [0.15, 0.2) is 18.2 Å². The molecular formula is C11H7F2IOS. The lowest BCUT2D eigenvalue weighted by Crippen LogP contribution is -1.92. The summed E-state index contributed by atoms with van der Waals surface area (Å²) in [5, 5.41) is 9.27. The van der Waals surface area contributed by atoms with Crippen LogP contribution >= 0.6 is 33.9 Å². The fraction of sp³-hybridized carbons (Fsp3) is 0.0909. The highest BCUT2D eigenvalue weighted by Crippen LogP contribution is 2.36. The second kappa shape index (κ2) is 4.29. The first-order valence-corrected chi connectivity index (χ1v) is 6.33. The lowest BCUT2D eigenvalue weighted by Gasteiger charge is -2.06. The van der Waals surface area contributed by atoms with Crippen LogP contribution in [0.5, 0.6) is 5.75 Å². The van der Waals surface area contributed by atoms with Crippen LogP contribution in [-0.2, 0) is 0 Å². The Hall–Kier alpha value is -0.690. The Kier molecular flexibility index (Phi) is 3.16. The summed E-state index contributed by atoms with van der Waals surface area (Å²) in [4.78, 5) is 1.52. The van der Waals surface area contributed by atoms with Crippen molar-refractivity contribution in [2.75, 3.05) is 0 Å². The van der Waals surface area contributed by atoms with Gasteiger partial charge in [-0.15, -0.1) is 11.3 Å². The number of hydrogen-bond donors (Lipinski definition) is 1. The second-order valence-corrected chi connectivity index (χ2v) is 5.66. The lowest BCUT2D eigenvalue weighted by molar-refractivity contribution is 0.456. The van der Waals surface area contributed by atoms with Crippen molar-refractivity contribution in [2.45, 2.75) is 6.92 Å². The third-order valence-electron chi connectivity index (χ3n) is 2.13. The fourth-order valence-corrected chi connectivity index (χ4v) is 2.71. The molecule has 1 N–H and O–H groups in total. The summed E-state index contributed by atoms with van der Waals surface area (Å²) in [5.41, 5.74) is -0.0692. The molecule has 16 heavy (non-hydrogen) atoms. The van der Waals surface area contributed by atoms with E-state index in [4.69, 9.17) is 0 Å². The molecule has 0 bridgehead atoms. The number of hydrogen-bond acceptors (Lipinski definition) is 2. The maximum absolute atomic E-state index is 13.8. The number of phenols is 1. The first-order valence-electron chi connectivity index (χ1n) is 4.44. The average molecular weight is 352 g/mol. The monoisotopic (exact) mass is 352 g/mol. The van der Waals surface area contributed by atoms with Crippen LogP contribution in [0.3, 0.4) is 0 Å². The number of benzene rings is 1. The molecular weight excluding hydrogens is 345 g/mol. The van der Waals surface area contributed by atoms with E-state index in [9.17, 15) is 13.9 Å². The molecule has 1 nitrogen and oxygen atoms in total. The molecule has 0 amide bonds. The van der Waals surface area contributed by atoms with Crippen molar-refractivity contribution in [1.82, 2.24) is 0 Å². The zero-order chi connectivity index (χ0) is 11.9. The van der Waals surface area contributed by atoms with Crippen molar-refractivity contribution in [3.05, 3.63) is 38.3 Å². The first kappa shape index (κ1) is 11.8. The maximum atomic E-state index is 13.8. The standard InChI is InChI=1S/C11H7F2IOS/c1-5-2-3-8(16-5)9-6(12)4-7(15)11(14)10(9)13/h2-4,15H,1H3. The number of halogens is 3. The van der Waals surface area contributed by atoms with Crippen LogP contribution in [0.1, 0.15) is 4.88 Å². The van der Waals surface area contributed by atoms with Gasteiger partial charge in [0.15, 0.2) is 5.82 Å². The Balaban J connectivity index is 2.70. The molecule has 0 saturated carbocycles. The van der Waals surface area contributed by atoms with Crippen molar-refractivity contribution in [3.8, 4) is 16.2 Å². The van der Waals surface area contributed by atoms with Crippen LogP contribution in [-0.4, -0.2) is 5.11 Å². The normalized spacial score (nSPS) is 10.8. The van der Waals surface area contributed by atoms with Gasteiger partial charge in [-0.05, 0) is 41.6 Å². The average Bonchev–Trinajstić information content (AvgIpc) is 2.61. The van der Waals surface area contributed by atoms with Crippen molar-refractivity contribution >= 4 is 33.9 Å². The first-order chi connectivity index (χ1) is 7.50. The molecule has 0 aliphatic carbocycles. The van der Waals surface area contributed by atoms with Gasteiger partial charge in [0, 0.05) is 15.8 Å². The van der Waals surface area contributed by atoms with E-state index in [1.54, 1.807) is 34.7 Å². The molecule has 0 aliphatic rings. The van der Waals surface area contributed by atoms with Crippen molar-refractivity contribution in [1.29, 1.82) is 0 Å². The van der Waals surface area contributed by atoms with Gasteiger partial charge in [0.1, 0.15) is 11.6 Å². The summed E-state index contributed by atoms with van der Waals surface area (Å²) in [7, 11) is 0. The van der Waals surface area contributed by atoms with Gasteiger partial charge in [-0.25, -0.2) is 8.78 Å². The van der Waals surface area contributed by atoms with Gasteiger partial charge < -0.3 is 5.11 Å². The maximum Gasteiger partial charge on any atom is 0.151 e. The Morgan fingerprint density at radius 2 is 2.00 bits per heavy atom. The Morgan fingerprint density at radius 1 is 1.31 bits per heavy atom. The fourth-order valence-electron chi connectivity index (χ4n) is 1.38. The van der Waals surface area contributed by atoms with Gasteiger partial charge in [0.25, 0.3) is 0 Å². The summed E-state index contributed by atoms with van der Waals surface area (Å²) in [6.45, 7) is 1.87. The molecule has 0 unspecified atom stereocenters. The second-order valence-electron chi connectivity index (χ2n) is 3.29. The topological polar surface area (TPSA) is 20.2 Å². The van der Waals surface area contributed by atoms with E-state index in [1.807, 2.05) is 6.92 Å². The van der Waals surface area contributed by atoms with Crippen molar-refractivity contribution in [2.24, 2.45) is 0 Å². The predicted octanol–water partition coefficient (Wildman–Crippen LogP) is 4.31. The number of phenolic OH excluding ortho intramolecular Hbond substituents is 1. The zero-order valence-corrected chi connectivity index (χ0v) is 11.2. The molecule has 2 rings (SSSR count). The van der Waals surface area contributed by atoms with E-state index in [1.165, 1.54) is 11.3 Å². The van der Waals surface area contributed by atoms with Gasteiger partial charge >= 0.3 is 0 Å². The molecule has 1 aromatic heterocycles. The number of thiophene rings is 1. The lowest BCUT2D eigenvalue weighted by atomic mass is 10.1. The largest absolute Gasteiger partial charge is 0.507 e. The molecule has 5 heteroatoms. The molecule has 0 spiro atoms. The minimum Gasteiger partial charge on any atom is -0.507 e. The van der Waals surface area contributed by atoms with Crippen LogP contribution in [0.4, 0.5) is 8.78 Å². The quantitative estimate of drug-likeness (QED) is 0.599. The molecule has 0 radical (unpaired) electrons. The number of rotatable bonds is 1. The highest BCUT2D eigenvalue weighted by atomic mass is 127. The molecule has 0 fully saturated rings. The van der Waals surface area contributed by atoms with Gasteiger partial charge in [0.05, 0.1) is 9.13 Å². The van der Waals surface area contributed by atoms with E-state index in [2.05, 4.69) is 0 Å². The molecule has 0 atom stereocenters. The Morgan fingerprint density at radius 3 is 2.56 bits per heavy atom. The highest BCUT2D eigenvalue weighted by Gasteiger charge is 2.19. The van der Waals surface area contributed by atoms with E-state index in [0.29, 0.717) is 4.88 Å². The summed E-state index contributed by atoms with van der Waals surface area (Å²) in [5.74, 6) is -1.81. The summed E-state index contributed by atoms with van der Waals surface area (Å²) in [6, 6.07) is 4.42. The van der Waals surface area contributed by atoms with Crippen LogP contribution < -0.4 is 0 Å². The SMILES string of the molecule is Cc1ccc(-c2c(F)cc(O)c(I)c2F)s1. The van der Waals surface area contributed by atoms with Gasteiger partial charge in [-0.2, -0.15) is 0 Å².